The Labute approximate surface area is 125 Å². The van der Waals surface area contributed by atoms with Crippen molar-refractivity contribution in [3.05, 3.63) is 36.0 Å². The summed E-state index contributed by atoms with van der Waals surface area (Å²) >= 11 is 0. The zero-order valence-electron chi connectivity index (χ0n) is 12.7. The quantitative estimate of drug-likeness (QED) is 0.714. The number of carbonyl (C=O) groups excluding carboxylic acids is 1. The second-order valence-electron chi connectivity index (χ2n) is 5.36. The molecule has 1 heterocycles. The van der Waals surface area contributed by atoms with Crippen molar-refractivity contribution in [2.24, 2.45) is 5.73 Å². The van der Waals surface area contributed by atoms with Gasteiger partial charge in [0.25, 0.3) is 0 Å². The first kappa shape index (κ1) is 15.5. The smallest absolute Gasteiger partial charge is 0.237 e. The second-order valence-corrected chi connectivity index (χ2v) is 5.36. The van der Waals surface area contributed by atoms with E-state index in [0.717, 1.165) is 29.6 Å². The Kier molecular flexibility index (Phi) is 5.36. The Bertz CT molecular complexity index is 593. The molecule has 1 aromatic carbocycles. The van der Waals surface area contributed by atoms with Crippen LogP contribution in [0.5, 0.6) is 0 Å². The van der Waals surface area contributed by atoms with Crippen molar-refractivity contribution >= 4 is 16.8 Å². The molecule has 0 bridgehead atoms. The Morgan fingerprint density at radius 2 is 2.19 bits per heavy atom. The molecule has 0 aliphatic rings. The molecule has 1 atom stereocenters. The summed E-state index contributed by atoms with van der Waals surface area (Å²) in [5, 5.41) is 4.02. The molecular formula is C16H24N4O. The van der Waals surface area contributed by atoms with Crippen LogP contribution >= 0.6 is 0 Å². The summed E-state index contributed by atoms with van der Waals surface area (Å²) in [5.41, 5.74) is 8.17. The summed E-state index contributed by atoms with van der Waals surface area (Å²) in [4.78, 5) is 17.4. The standard InChI is InChI=1S/C16H24N4O/c1-3-20(2)9-8-18-16(21)14(17)10-12-11-19-15-7-5-4-6-13(12)15/h4-7,11,14,19H,3,8-10,17H2,1-2H3,(H,18,21)/t14-/m0/s1. The molecule has 5 heteroatoms. The molecule has 21 heavy (non-hydrogen) atoms. The van der Waals surface area contributed by atoms with E-state index in [-0.39, 0.29) is 5.91 Å². The monoisotopic (exact) mass is 288 g/mol. The molecule has 0 radical (unpaired) electrons. The first-order valence-electron chi connectivity index (χ1n) is 7.38. The molecule has 0 saturated carbocycles. The molecule has 0 saturated heterocycles. The fourth-order valence-electron chi connectivity index (χ4n) is 2.29. The van der Waals surface area contributed by atoms with Crippen LogP contribution in [0.3, 0.4) is 0 Å². The maximum atomic E-state index is 12.0. The van der Waals surface area contributed by atoms with Gasteiger partial charge in [-0.15, -0.1) is 0 Å². The van der Waals surface area contributed by atoms with E-state index in [4.69, 9.17) is 5.73 Å². The molecule has 2 rings (SSSR count). The van der Waals surface area contributed by atoms with E-state index in [1.54, 1.807) is 0 Å². The molecule has 114 valence electrons. The van der Waals surface area contributed by atoms with Gasteiger partial charge in [-0.2, -0.15) is 0 Å². The lowest BCUT2D eigenvalue weighted by Gasteiger charge is -2.16. The number of nitrogens with two attached hydrogens (primary N) is 1. The number of para-hydroxylation sites is 1. The molecule has 1 amide bonds. The molecule has 0 fully saturated rings. The Hall–Kier alpha value is -1.85. The third-order valence-electron chi connectivity index (χ3n) is 3.78. The molecule has 4 N–H and O–H groups in total. The van der Waals surface area contributed by atoms with Gasteiger partial charge in [0.2, 0.25) is 5.91 Å². The predicted octanol–water partition coefficient (Wildman–Crippen LogP) is 1.11. The number of hydrogen-bond donors (Lipinski definition) is 3. The fourth-order valence-corrected chi connectivity index (χ4v) is 2.29. The highest BCUT2D eigenvalue weighted by Crippen LogP contribution is 2.18. The maximum Gasteiger partial charge on any atom is 0.237 e. The van der Waals surface area contributed by atoms with Crippen LogP contribution in [-0.2, 0) is 11.2 Å². The third-order valence-corrected chi connectivity index (χ3v) is 3.78. The maximum absolute atomic E-state index is 12.0. The number of nitrogens with one attached hydrogen (secondary N) is 2. The minimum atomic E-state index is -0.517. The lowest BCUT2D eigenvalue weighted by atomic mass is 10.1. The van der Waals surface area contributed by atoms with Gasteiger partial charge in [-0.25, -0.2) is 0 Å². The van der Waals surface area contributed by atoms with Crippen LogP contribution in [0.2, 0.25) is 0 Å². The molecule has 5 nitrogen and oxygen atoms in total. The van der Waals surface area contributed by atoms with Gasteiger partial charge < -0.3 is 20.9 Å². The van der Waals surface area contributed by atoms with Crippen molar-refractivity contribution < 1.29 is 4.79 Å². The molecule has 0 spiro atoms. The minimum absolute atomic E-state index is 0.0928. The first-order valence-corrected chi connectivity index (χ1v) is 7.38. The van der Waals surface area contributed by atoms with Crippen molar-refractivity contribution in [1.82, 2.24) is 15.2 Å². The number of carbonyl (C=O) groups is 1. The van der Waals surface area contributed by atoms with E-state index in [1.165, 1.54) is 0 Å². The van der Waals surface area contributed by atoms with E-state index in [1.807, 2.05) is 37.5 Å². The Balaban J connectivity index is 1.88. The number of rotatable bonds is 7. The van der Waals surface area contributed by atoms with Gasteiger partial charge in [-0.3, -0.25) is 4.79 Å². The second kappa shape index (κ2) is 7.24. The summed E-state index contributed by atoms with van der Waals surface area (Å²) < 4.78 is 0. The van der Waals surface area contributed by atoms with E-state index >= 15 is 0 Å². The molecule has 2 aromatic rings. The third kappa shape index (κ3) is 4.06. The number of likely N-dealkylation sites (N-methyl/N-ethyl adjacent to an activating group) is 1. The van der Waals surface area contributed by atoms with Gasteiger partial charge >= 0.3 is 0 Å². The largest absolute Gasteiger partial charge is 0.361 e. The van der Waals surface area contributed by atoms with Crippen molar-refractivity contribution in [3.63, 3.8) is 0 Å². The number of nitrogens with zero attached hydrogens (tertiary/aromatic N) is 1. The van der Waals surface area contributed by atoms with Gasteiger partial charge in [0.1, 0.15) is 0 Å². The van der Waals surface area contributed by atoms with Crippen LogP contribution in [0.4, 0.5) is 0 Å². The molecule has 0 aliphatic carbocycles. The van der Waals surface area contributed by atoms with Gasteiger partial charge in [0, 0.05) is 30.2 Å². The number of fused-ring (bicyclic) bond motifs is 1. The summed E-state index contributed by atoms with van der Waals surface area (Å²) in [6, 6.07) is 7.52. The van der Waals surface area contributed by atoms with Gasteiger partial charge in [0.15, 0.2) is 0 Å². The zero-order chi connectivity index (χ0) is 15.2. The Morgan fingerprint density at radius 3 is 2.95 bits per heavy atom. The van der Waals surface area contributed by atoms with E-state index in [9.17, 15) is 4.79 Å². The van der Waals surface area contributed by atoms with Gasteiger partial charge in [-0.05, 0) is 31.6 Å². The molecule has 0 aliphatic heterocycles. The van der Waals surface area contributed by atoms with Crippen molar-refractivity contribution in [3.8, 4) is 0 Å². The van der Waals surface area contributed by atoms with Crippen LogP contribution in [0.15, 0.2) is 30.5 Å². The average Bonchev–Trinajstić information content (AvgIpc) is 2.90. The predicted molar refractivity (Wildman–Crippen MR) is 86.2 cm³/mol. The first-order chi connectivity index (χ1) is 10.1. The lowest BCUT2D eigenvalue weighted by molar-refractivity contribution is -0.122. The van der Waals surface area contributed by atoms with Crippen LogP contribution in [0.25, 0.3) is 10.9 Å². The number of H-pyrrole nitrogens is 1. The van der Waals surface area contributed by atoms with Crippen molar-refractivity contribution in [2.45, 2.75) is 19.4 Å². The fraction of sp³-hybridized carbons (Fsp3) is 0.438. The summed E-state index contributed by atoms with van der Waals surface area (Å²) in [7, 11) is 2.03. The van der Waals surface area contributed by atoms with Crippen molar-refractivity contribution in [2.75, 3.05) is 26.7 Å². The van der Waals surface area contributed by atoms with E-state index in [0.29, 0.717) is 13.0 Å². The van der Waals surface area contributed by atoms with Crippen LogP contribution < -0.4 is 11.1 Å². The molecule has 1 aromatic heterocycles. The highest BCUT2D eigenvalue weighted by atomic mass is 16.2. The van der Waals surface area contributed by atoms with Gasteiger partial charge in [-0.1, -0.05) is 25.1 Å². The summed E-state index contributed by atoms with van der Waals surface area (Å²) in [6.07, 6.45) is 2.47. The average molecular weight is 288 g/mol. The SMILES string of the molecule is CCN(C)CCNC(=O)[C@@H](N)Cc1c[nH]c2ccccc12. The number of benzene rings is 1. The minimum Gasteiger partial charge on any atom is -0.361 e. The van der Waals surface area contributed by atoms with Gasteiger partial charge in [0.05, 0.1) is 6.04 Å². The van der Waals surface area contributed by atoms with Crippen LogP contribution in [0, 0.1) is 0 Å². The topological polar surface area (TPSA) is 74.2 Å². The van der Waals surface area contributed by atoms with E-state index in [2.05, 4.69) is 22.1 Å². The normalized spacial score (nSPS) is 12.8. The number of amides is 1. The van der Waals surface area contributed by atoms with Crippen LogP contribution in [-0.4, -0.2) is 48.5 Å². The summed E-state index contributed by atoms with van der Waals surface area (Å²) in [5.74, 6) is -0.0928. The Morgan fingerprint density at radius 1 is 1.43 bits per heavy atom. The number of hydrogen-bond acceptors (Lipinski definition) is 3. The highest BCUT2D eigenvalue weighted by molar-refractivity contribution is 5.86. The lowest BCUT2D eigenvalue weighted by Crippen LogP contribution is -2.44. The number of aromatic nitrogens is 1. The highest BCUT2D eigenvalue weighted by Gasteiger charge is 2.15. The number of aromatic amines is 1. The van der Waals surface area contributed by atoms with Crippen LogP contribution in [0.1, 0.15) is 12.5 Å². The van der Waals surface area contributed by atoms with Crippen molar-refractivity contribution in [1.29, 1.82) is 0 Å². The van der Waals surface area contributed by atoms with E-state index < -0.39 is 6.04 Å². The zero-order valence-corrected chi connectivity index (χ0v) is 12.7. The molecular weight excluding hydrogens is 264 g/mol. The summed E-state index contributed by atoms with van der Waals surface area (Å²) in [6.45, 7) is 4.52. The molecule has 0 unspecified atom stereocenters.